The Morgan fingerprint density at radius 1 is 1.36 bits per heavy atom. The van der Waals surface area contributed by atoms with E-state index in [4.69, 9.17) is 35.2 Å². The molecule has 1 saturated heterocycles. The Kier molecular flexibility index (Phi) is 1.95. The molecule has 0 aromatic rings. The maximum absolute atomic E-state index is 11.4. The number of nitrogens with zero attached hydrogens (tertiary/aromatic N) is 4. The van der Waals surface area contributed by atoms with Crippen molar-refractivity contribution >= 4 is 59.1 Å². The van der Waals surface area contributed by atoms with Crippen LogP contribution >= 0.6 is 35.2 Å². The van der Waals surface area contributed by atoms with E-state index >= 15 is 0 Å². The van der Waals surface area contributed by atoms with Gasteiger partial charge in [0, 0.05) is 23.6 Å². The van der Waals surface area contributed by atoms with Crippen molar-refractivity contribution in [2.75, 3.05) is 0 Å². The zero-order chi connectivity index (χ0) is 10.5. The number of hydrogen-bond donors (Lipinski definition) is 0. The minimum absolute atomic E-state index is 0.205. The first-order valence-electron chi connectivity index (χ1n) is 3.29. The van der Waals surface area contributed by atoms with Crippen LogP contribution in [0.3, 0.4) is 0 Å². The second-order valence-electron chi connectivity index (χ2n) is 2.46. The summed E-state index contributed by atoms with van der Waals surface area (Å²) >= 11 is 16.7. The number of carbonyl (C=O) groups is 2. The first-order valence-corrected chi connectivity index (χ1v) is 4.35. The SMILES string of the molecule is O=C1C2=NC=NC2(Cl)N(Cl)C(=O)N1Cl. The van der Waals surface area contributed by atoms with Crippen molar-refractivity contribution in [3.05, 3.63) is 0 Å². The second-order valence-corrected chi connectivity index (χ2v) is 3.66. The van der Waals surface area contributed by atoms with Crippen LogP contribution in [0.2, 0.25) is 0 Å². The number of amides is 3. The van der Waals surface area contributed by atoms with Crippen LogP contribution in [0.4, 0.5) is 4.79 Å². The third-order valence-corrected chi connectivity index (χ3v) is 2.91. The van der Waals surface area contributed by atoms with Gasteiger partial charge in [-0.1, -0.05) is 11.6 Å². The van der Waals surface area contributed by atoms with Crippen molar-refractivity contribution in [1.82, 2.24) is 8.84 Å². The molecule has 14 heavy (non-hydrogen) atoms. The van der Waals surface area contributed by atoms with Gasteiger partial charge in [0.15, 0.2) is 5.71 Å². The maximum atomic E-state index is 11.4. The number of hydrogen-bond acceptors (Lipinski definition) is 4. The average molecular weight is 255 g/mol. The van der Waals surface area contributed by atoms with Crippen LogP contribution in [0.5, 0.6) is 0 Å². The summed E-state index contributed by atoms with van der Waals surface area (Å²) in [7, 11) is 0. The fourth-order valence-corrected chi connectivity index (χ4v) is 1.66. The van der Waals surface area contributed by atoms with Crippen molar-refractivity contribution in [2.45, 2.75) is 5.12 Å². The van der Waals surface area contributed by atoms with Crippen LogP contribution in [0, 0.1) is 0 Å². The van der Waals surface area contributed by atoms with Crippen molar-refractivity contribution in [3.63, 3.8) is 0 Å². The molecule has 2 aliphatic heterocycles. The highest BCUT2D eigenvalue weighted by molar-refractivity contribution is 6.63. The van der Waals surface area contributed by atoms with Crippen LogP contribution in [0.25, 0.3) is 0 Å². The lowest BCUT2D eigenvalue weighted by Crippen LogP contribution is -2.59. The highest BCUT2D eigenvalue weighted by atomic mass is 35.5. The number of rotatable bonds is 0. The predicted molar refractivity (Wildman–Crippen MR) is 50.3 cm³/mol. The van der Waals surface area contributed by atoms with Gasteiger partial charge in [0.2, 0.25) is 0 Å². The molecule has 0 radical (unpaired) electrons. The molecule has 0 aromatic carbocycles. The molecular weight excluding hydrogens is 254 g/mol. The van der Waals surface area contributed by atoms with Crippen LogP contribution in [-0.2, 0) is 4.79 Å². The summed E-state index contributed by atoms with van der Waals surface area (Å²) in [6, 6.07) is -0.966. The number of carbonyl (C=O) groups excluding carboxylic acids is 2. The highest BCUT2D eigenvalue weighted by Gasteiger charge is 2.55. The van der Waals surface area contributed by atoms with E-state index in [1.54, 1.807) is 0 Å². The van der Waals surface area contributed by atoms with Gasteiger partial charge in [0.25, 0.3) is 11.0 Å². The van der Waals surface area contributed by atoms with Gasteiger partial charge < -0.3 is 0 Å². The molecule has 0 N–H and O–H groups in total. The molecule has 0 spiro atoms. The maximum Gasteiger partial charge on any atom is 0.360 e. The summed E-state index contributed by atoms with van der Waals surface area (Å²) in [5, 5.41) is -1.76. The normalized spacial score (nSPS) is 30.9. The molecule has 2 rings (SSSR count). The Labute approximate surface area is 93.0 Å². The van der Waals surface area contributed by atoms with Crippen molar-refractivity contribution < 1.29 is 9.59 Å². The van der Waals surface area contributed by atoms with Crippen LogP contribution in [0.15, 0.2) is 9.98 Å². The lowest BCUT2D eigenvalue weighted by molar-refractivity contribution is -0.119. The number of alkyl halides is 1. The second kappa shape index (κ2) is 2.82. The van der Waals surface area contributed by atoms with Crippen molar-refractivity contribution in [3.8, 4) is 0 Å². The smallest absolute Gasteiger partial charge is 0.266 e. The first kappa shape index (κ1) is 9.70. The molecule has 9 heteroatoms. The highest BCUT2D eigenvalue weighted by Crippen LogP contribution is 2.35. The van der Waals surface area contributed by atoms with Crippen LogP contribution < -0.4 is 0 Å². The van der Waals surface area contributed by atoms with E-state index in [0.29, 0.717) is 8.84 Å². The summed E-state index contributed by atoms with van der Waals surface area (Å²) in [6.45, 7) is 0. The molecule has 1 fully saturated rings. The van der Waals surface area contributed by atoms with E-state index in [1.807, 2.05) is 0 Å². The van der Waals surface area contributed by atoms with Crippen LogP contribution in [0.1, 0.15) is 0 Å². The number of imide groups is 1. The minimum atomic E-state index is -1.76. The topological polar surface area (TPSA) is 65.3 Å². The molecule has 0 bridgehead atoms. The van der Waals surface area contributed by atoms with Gasteiger partial charge in [0.1, 0.15) is 6.34 Å². The molecule has 0 aliphatic carbocycles. The molecule has 6 nitrogen and oxygen atoms in total. The summed E-state index contributed by atoms with van der Waals surface area (Å²) in [5.74, 6) is -0.832. The molecule has 74 valence electrons. The third kappa shape index (κ3) is 0.985. The largest absolute Gasteiger partial charge is 0.360 e. The fraction of sp³-hybridized carbons (Fsp3) is 0.200. The average Bonchev–Trinajstić information content (AvgIpc) is 2.55. The number of halogens is 3. The standard InChI is InChI=1S/C5HCl3N4O2/c6-5-2(9-1-10-5)3(13)11(7)4(14)12(5)8/h1H. The number of aliphatic imine (C=N–C) groups is 2. The quantitative estimate of drug-likeness (QED) is 0.367. The van der Waals surface area contributed by atoms with E-state index < -0.39 is 17.1 Å². The zero-order valence-electron chi connectivity index (χ0n) is 6.32. The fourth-order valence-electron chi connectivity index (χ4n) is 1.03. The zero-order valence-corrected chi connectivity index (χ0v) is 8.58. The van der Waals surface area contributed by atoms with E-state index in [-0.39, 0.29) is 5.71 Å². The van der Waals surface area contributed by atoms with E-state index in [0.717, 1.165) is 6.34 Å². The molecule has 0 saturated carbocycles. The van der Waals surface area contributed by atoms with Crippen LogP contribution in [-0.4, -0.2) is 37.9 Å². The van der Waals surface area contributed by atoms with Gasteiger partial charge in [-0.05, 0) is 0 Å². The Morgan fingerprint density at radius 2 is 2.00 bits per heavy atom. The van der Waals surface area contributed by atoms with E-state index in [2.05, 4.69) is 9.98 Å². The first-order chi connectivity index (χ1) is 6.48. The van der Waals surface area contributed by atoms with Gasteiger partial charge >= 0.3 is 6.03 Å². The van der Waals surface area contributed by atoms with Gasteiger partial charge in [-0.3, -0.25) is 4.79 Å². The Balaban J connectivity index is 2.53. The Morgan fingerprint density at radius 3 is 2.64 bits per heavy atom. The van der Waals surface area contributed by atoms with Crippen molar-refractivity contribution in [2.24, 2.45) is 9.98 Å². The molecule has 0 aromatic heterocycles. The molecule has 1 atom stereocenters. The molecule has 2 heterocycles. The number of urea groups is 1. The molecule has 3 amide bonds. The van der Waals surface area contributed by atoms with Gasteiger partial charge in [-0.25, -0.2) is 14.8 Å². The summed E-state index contributed by atoms with van der Waals surface area (Å²) in [5.41, 5.74) is -0.205. The molecule has 2 aliphatic rings. The van der Waals surface area contributed by atoms with Gasteiger partial charge in [-0.2, -0.15) is 8.84 Å². The molecule has 1 unspecified atom stereocenters. The monoisotopic (exact) mass is 254 g/mol. The summed E-state index contributed by atoms with van der Waals surface area (Å²) in [6.07, 6.45) is 1.04. The number of fused-ring (bicyclic) bond motifs is 1. The Hall–Kier alpha value is -0.850. The predicted octanol–water partition coefficient (Wildman–Crippen LogP) is 0.934. The third-order valence-electron chi connectivity index (χ3n) is 1.69. The van der Waals surface area contributed by atoms with Gasteiger partial charge in [0.05, 0.1) is 0 Å². The molecular formula is C5HCl3N4O2. The summed E-state index contributed by atoms with van der Waals surface area (Å²) in [4.78, 5) is 29.8. The van der Waals surface area contributed by atoms with Gasteiger partial charge in [-0.15, -0.1) is 0 Å². The van der Waals surface area contributed by atoms with E-state index in [9.17, 15) is 9.59 Å². The lowest BCUT2D eigenvalue weighted by Gasteiger charge is -2.34. The minimum Gasteiger partial charge on any atom is -0.266 e. The Bertz CT molecular complexity index is 394. The van der Waals surface area contributed by atoms with Crippen molar-refractivity contribution in [1.29, 1.82) is 0 Å². The summed E-state index contributed by atoms with van der Waals surface area (Å²) < 4.78 is 0.798. The lowest BCUT2D eigenvalue weighted by atomic mass is 10.2. The van der Waals surface area contributed by atoms with E-state index in [1.165, 1.54) is 0 Å².